The molecule has 3 heterocycles. The van der Waals surface area contributed by atoms with Gasteiger partial charge in [0.25, 0.3) is 5.56 Å². The topological polar surface area (TPSA) is 102 Å². The maximum Gasteiger partial charge on any atom is 0.275 e. The molecule has 0 bridgehead atoms. The van der Waals surface area contributed by atoms with Crippen molar-refractivity contribution in [2.75, 3.05) is 42.7 Å². The summed E-state index contributed by atoms with van der Waals surface area (Å²) in [6, 6.07) is 13.9. The smallest absolute Gasteiger partial charge is 0.275 e. The van der Waals surface area contributed by atoms with Crippen molar-refractivity contribution in [1.82, 2.24) is 19.4 Å². The highest BCUT2D eigenvalue weighted by atomic mass is 16.1. The van der Waals surface area contributed by atoms with Crippen molar-refractivity contribution in [2.24, 2.45) is 0 Å². The molecule has 0 aliphatic carbocycles. The molecule has 0 radical (unpaired) electrons. The molecule has 0 saturated carbocycles. The van der Waals surface area contributed by atoms with Gasteiger partial charge in [-0.2, -0.15) is 10.2 Å². The molecule has 1 atom stereocenters. The van der Waals surface area contributed by atoms with Gasteiger partial charge in [0.15, 0.2) is 0 Å². The summed E-state index contributed by atoms with van der Waals surface area (Å²) in [4.78, 5) is 26.5. The van der Waals surface area contributed by atoms with E-state index in [1.54, 1.807) is 31.5 Å². The van der Waals surface area contributed by atoms with Gasteiger partial charge in [-0.25, -0.2) is 4.98 Å². The molecule has 3 aromatic rings. The molecule has 1 fully saturated rings. The summed E-state index contributed by atoms with van der Waals surface area (Å²) in [5, 5.41) is 15.5. The van der Waals surface area contributed by atoms with E-state index >= 15 is 0 Å². The van der Waals surface area contributed by atoms with Crippen molar-refractivity contribution in [3.05, 3.63) is 64.7 Å². The van der Waals surface area contributed by atoms with Crippen LogP contribution in [0.1, 0.15) is 31.4 Å². The molecular formula is C26H32N8O. The summed E-state index contributed by atoms with van der Waals surface area (Å²) >= 11 is 0. The number of piperidine rings is 1. The Morgan fingerprint density at radius 3 is 2.51 bits per heavy atom. The first-order valence-corrected chi connectivity index (χ1v) is 11.9. The third-order valence-electron chi connectivity index (χ3n) is 6.49. The molecule has 0 amide bonds. The van der Waals surface area contributed by atoms with Crippen molar-refractivity contribution < 1.29 is 0 Å². The van der Waals surface area contributed by atoms with Crippen molar-refractivity contribution >= 4 is 28.8 Å². The fraction of sp³-hybridized carbons (Fsp3) is 0.385. The Morgan fingerprint density at radius 2 is 1.86 bits per heavy atom. The lowest BCUT2D eigenvalue weighted by molar-refractivity contribution is 0.249. The molecule has 2 aromatic heterocycles. The number of nitrogens with zero attached hydrogens (tertiary/aromatic N) is 6. The number of aromatic nitrogens is 3. The van der Waals surface area contributed by atoms with E-state index in [9.17, 15) is 10.1 Å². The van der Waals surface area contributed by atoms with E-state index in [1.807, 2.05) is 19.1 Å². The molecule has 1 aromatic carbocycles. The van der Waals surface area contributed by atoms with Gasteiger partial charge in [-0.1, -0.05) is 0 Å². The number of nitrogens with one attached hydrogen (secondary N) is 2. The number of pyridine rings is 1. The van der Waals surface area contributed by atoms with Crippen LogP contribution in [-0.4, -0.2) is 52.7 Å². The summed E-state index contributed by atoms with van der Waals surface area (Å²) < 4.78 is 1.39. The van der Waals surface area contributed by atoms with Gasteiger partial charge in [0.1, 0.15) is 17.5 Å². The van der Waals surface area contributed by atoms with Crippen LogP contribution in [-0.2, 0) is 0 Å². The van der Waals surface area contributed by atoms with Gasteiger partial charge < -0.3 is 20.4 Å². The fourth-order valence-electron chi connectivity index (χ4n) is 4.25. The van der Waals surface area contributed by atoms with Crippen molar-refractivity contribution in [1.29, 1.82) is 5.26 Å². The van der Waals surface area contributed by atoms with Crippen molar-refractivity contribution in [3.8, 4) is 6.07 Å². The van der Waals surface area contributed by atoms with E-state index in [4.69, 9.17) is 0 Å². The molecule has 1 aliphatic rings. The molecule has 9 heteroatoms. The normalized spacial score (nSPS) is 15.0. The zero-order valence-electron chi connectivity index (χ0n) is 20.7. The average Bonchev–Trinajstić information content (AvgIpc) is 2.87. The van der Waals surface area contributed by atoms with Crippen LogP contribution < -0.4 is 21.1 Å². The monoisotopic (exact) mass is 472 g/mol. The van der Waals surface area contributed by atoms with E-state index in [0.29, 0.717) is 23.5 Å². The molecule has 1 saturated heterocycles. The SMILES string of the molecule is Cc1cnc(Nc2ccc(N3CCC(N(C)C)CC3)cc2)nc1Nc1cccn(C(C)C#N)c1=O. The van der Waals surface area contributed by atoms with E-state index in [0.717, 1.165) is 24.3 Å². The lowest BCUT2D eigenvalue weighted by atomic mass is 10.0. The van der Waals surface area contributed by atoms with Gasteiger partial charge in [0.05, 0.1) is 6.07 Å². The van der Waals surface area contributed by atoms with Gasteiger partial charge >= 0.3 is 0 Å². The second-order valence-corrected chi connectivity index (χ2v) is 9.14. The molecule has 35 heavy (non-hydrogen) atoms. The molecule has 4 rings (SSSR count). The van der Waals surface area contributed by atoms with E-state index in [2.05, 4.69) is 62.7 Å². The Morgan fingerprint density at radius 1 is 1.14 bits per heavy atom. The second kappa shape index (κ2) is 10.6. The van der Waals surface area contributed by atoms with Gasteiger partial charge in [0, 0.05) is 48.5 Å². The minimum absolute atomic E-state index is 0.278. The predicted molar refractivity (Wildman–Crippen MR) is 140 cm³/mol. The highest BCUT2D eigenvalue weighted by Gasteiger charge is 2.20. The van der Waals surface area contributed by atoms with Crippen LogP contribution in [0.15, 0.2) is 53.6 Å². The Labute approximate surface area is 206 Å². The average molecular weight is 473 g/mol. The van der Waals surface area contributed by atoms with Crippen LogP contribution in [0.3, 0.4) is 0 Å². The summed E-state index contributed by atoms with van der Waals surface area (Å²) in [6.45, 7) is 5.67. The molecule has 0 spiro atoms. The molecule has 1 aliphatic heterocycles. The van der Waals surface area contributed by atoms with Crippen molar-refractivity contribution in [2.45, 2.75) is 38.8 Å². The summed E-state index contributed by atoms with van der Waals surface area (Å²) in [5.41, 5.74) is 2.97. The maximum atomic E-state index is 12.8. The summed E-state index contributed by atoms with van der Waals surface area (Å²) in [6.07, 6.45) is 5.65. The zero-order valence-corrected chi connectivity index (χ0v) is 20.7. The number of aryl methyl sites for hydroxylation is 1. The Bertz CT molecular complexity index is 1250. The van der Waals surface area contributed by atoms with E-state index < -0.39 is 6.04 Å². The first-order valence-electron chi connectivity index (χ1n) is 11.9. The van der Waals surface area contributed by atoms with E-state index in [1.165, 1.54) is 23.1 Å². The summed E-state index contributed by atoms with van der Waals surface area (Å²) in [7, 11) is 4.31. The van der Waals surface area contributed by atoms with E-state index in [-0.39, 0.29) is 5.56 Å². The highest BCUT2D eigenvalue weighted by molar-refractivity contribution is 5.63. The largest absolute Gasteiger partial charge is 0.371 e. The number of nitriles is 1. The maximum absolute atomic E-state index is 12.8. The number of hydrogen-bond acceptors (Lipinski definition) is 8. The fourth-order valence-corrected chi connectivity index (χ4v) is 4.25. The van der Waals surface area contributed by atoms with Gasteiger partial charge in [-0.15, -0.1) is 0 Å². The first-order chi connectivity index (χ1) is 16.9. The molecule has 2 N–H and O–H groups in total. The van der Waals surface area contributed by atoms with Crippen LogP contribution in [0.2, 0.25) is 0 Å². The summed E-state index contributed by atoms with van der Waals surface area (Å²) in [5.74, 6) is 0.960. The first kappa shape index (κ1) is 24.2. The number of anilines is 5. The molecular weight excluding hydrogens is 440 g/mol. The molecule has 9 nitrogen and oxygen atoms in total. The Kier molecular flexibility index (Phi) is 7.32. The van der Waals surface area contributed by atoms with Gasteiger partial charge in [-0.3, -0.25) is 9.36 Å². The third-order valence-corrected chi connectivity index (χ3v) is 6.49. The zero-order chi connectivity index (χ0) is 24.9. The molecule has 182 valence electrons. The van der Waals surface area contributed by atoms with Crippen LogP contribution in [0.25, 0.3) is 0 Å². The van der Waals surface area contributed by atoms with Gasteiger partial charge in [0.2, 0.25) is 5.95 Å². The lowest BCUT2D eigenvalue weighted by Crippen LogP contribution is -2.41. The number of hydrogen-bond donors (Lipinski definition) is 2. The van der Waals surface area contributed by atoms with Crippen LogP contribution in [0.4, 0.5) is 28.8 Å². The Hall–Kier alpha value is -3.90. The molecule has 1 unspecified atom stereocenters. The minimum atomic E-state index is -0.560. The van der Waals surface area contributed by atoms with Gasteiger partial charge in [-0.05, 0) is 77.2 Å². The standard InChI is InChI=1S/C26H32N8O/c1-18-17-28-26(31-24(18)30-23-6-5-13-34(25(23)35)19(2)16-27)29-20-7-9-22(10-8-20)33-14-11-21(12-15-33)32(3)4/h5-10,13,17,19,21H,11-12,14-15H2,1-4H3,(H2,28,29,30,31). The quantitative estimate of drug-likeness (QED) is 0.531. The predicted octanol–water partition coefficient (Wildman–Crippen LogP) is 4.05. The minimum Gasteiger partial charge on any atom is -0.371 e. The second-order valence-electron chi connectivity index (χ2n) is 9.14. The number of rotatable bonds is 7. The number of benzene rings is 1. The highest BCUT2D eigenvalue weighted by Crippen LogP contribution is 2.25. The lowest BCUT2D eigenvalue weighted by Gasteiger charge is -2.36. The van der Waals surface area contributed by atoms with Crippen LogP contribution >= 0.6 is 0 Å². The Balaban J connectivity index is 1.45. The third kappa shape index (κ3) is 5.61. The van der Waals surface area contributed by atoms with Crippen LogP contribution in [0.5, 0.6) is 0 Å². The van der Waals surface area contributed by atoms with Crippen LogP contribution in [0, 0.1) is 18.3 Å². The van der Waals surface area contributed by atoms with Crippen molar-refractivity contribution in [3.63, 3.8) is 0 Å².